The van der Waals surface area contributed by atoms with E-state index in [4.69, 9.17) is 9.47 Å². The second kappa shape index (κ2) is 12.4. The monoisotopic (exact) mass is 540 g/mol. The Morgan fingerprint density at radius 1 is 1.10 bits per heavy atom. The predicted molar refractivity (Wildman–Crippen MR) is 151 cm³/mol. The molecular weight excluding hydrogens is 508 g/mol. The maximum Gasteiger partial charge on any atom is 0.247 e. The lowest BCUT2D eigenvalue weighted by Gasteiger charge is -2.37. The van der Waals surface area contributed by atoms with Crippen LogP contribution in [-0.2, 0) is 22.7 Å². The quantitative estimate of drug-likeness (QED) is 0.300. The van der Waals surface area contributed by atoms with Gasteiger partial charge in [0.2, 0.25) is 11.8 Å². The highest BCUT2D eigenvalue weighted by atomic mass is 16.5. The molecule has 10 heteroatoms. The Labute approximate surface area is 232 Å². The van der Waals surface area contributed by atoms with Crippen LogP contribution < -0.4 is 14.8 Å². The first-order valence-corrected chi connectivity index (χ1v) is 13.2. The number of hydrogen-bond acceptors (Lipinski definition) is 7. The summed E-state index contributed by atoms with van der Waals surface area (Å²) in [5, 5.41) is 11.4. The summed E-state index contributed by atoms with van der Waals surface area (Å²) in [6.45, 7) is 0.163. The van der Waals surface area contributed by atoms with E-state index in [1.165, 1.54) is 7.11 Å². The Morgan fingerprint density at radius 3 is 2.73 bits per heavy atom. The van der Waals surface area contributed by atoms with Gasteiger partial charge in [-0.25, -0.2) is 4.68 Å². The maximum atomic E-state index is 14.1. The molecule has 2 amide bonds. The van der Waals surface area contributed by atoms with E-state index in [1.54, 1.807) is 47.3 Å². The standard InChI is InChI=1S/C30H32N6O4/c1-39-23-14-15-25(27(17-23)40-2)32-30(38)29(22-10-4-3-5-11-22)35(19-21-9-8-16-31-18-21)28(37)20-36-26-13-7-6-12-24(26)33-34-36/h3-4,6-9,12-18,22,29H,5,10-11,19-20H2,1-2H3,(H,32,38)/t22-,29+/m1/s1. The zero-order valence-electron chi connectivity index (χ0n) is 22.6. The molecule has 2 aromatic heterocycles. The number of allylic oxidation sites excluding steroid dienone is 2. The Morgan fingerprint density at radius 2 is 1.98 bits per heavy atom. The molecule has 0 radical (unpaired) electrons. The largest absolute Gasteiger partial charge is 0.497 e. The number of nitrogens with zero attached hydrogens (tertiary/aromatic N) is 5. The van der Waals surface area contributed by atoms with Crippen molar-refractivity contribution in [2.24, 2.45) is 5.92 Å². The van der Waals surface area contributed by atoms with Crippen molar-refractivity contribution >= 4 is 28.5 Å². The molecule has 1 N–H and O–H groups in total. The van der Waals surface area contributed by atoms with Gasteiger partial charge in [0.05, 0.1) is 25.4 Å². The molecule has 0 unspecified atom stereocenters. The molecule has 2 atom stereocenters. The van der Waals surface area contributed by atoms with Crippen molar-refractivity contribution in [3.05, 3.63) is 84.7 Å². The third-order valence-electron chi connectivity index (χ3n) is 7.13. The summed E-state index contributed by atoms with van der Waals surface area (Å²) in [7, 11) is 3.11. The van der Waals surface area contributed by atoms with Gasteiger partial charge in [-0.05, 0) is 61.1 Å². The Hall–Kier alpha value is -4.73. The molecule has 0 bridgehead atoms. The van der Waals surface area contributed by atoms with Crippen molar-refractivity contribution < 1.29 is 19.1 Å². The topological polar surface area (TPSA) is 111 Å². The molecule has 5 rings (SSSR count). The fourth-order valence-electron chi connectivity index (χ4n) is 5.11. The first kappa shape index (κ1) is 26.9. The van der Waals surface area contributed by atoms with E-state index >= 15 is 0 Å². The molecule has 0 spiro atoms. The van der Waals surface area contributed by atoms with Gasteiger partial charge in [0.15, 0.2) is 0 Å². The average Bonchev–Trinajstić information content (AvgIpc) is 3.40. The lowest BCUT2D eigenvalue weighted by molar-refractivity contribution is -0.142. The Bertz CT molecular complexity index is 1500. The number of carbonyl (C=O) groups is 2. The molecule has 40 heavy (non-hydrogen) atoms. The second-order valence-corrected chi connectivity index (χ2v) is 9.66. The second-order valence-electron chi connectivity index (χ2n) is 9.66. The van der Waals surface area contributed by atoms with E-state index in [0.29, 0.717) is 29.1 Å². The molecular formula is C30H32N6O4. The number of anilines is 1. The number of fused-ring (bicyclic) bond motifs is 1. The number of pyridine rings is 1. The van der Waals surface area contributed by atoms with Crippen LogP contribution in [0.3, 0.4) is 0 Å². The highest BCUT2D eigenvalue weighted by Gasteiger charge is 2.37. The van der Waals surface area contributed by atoms with Crippen LogP contribution in [0.5, 0.6) is 11.5 Å². The average molecular weight is 541 g/mol. The first-order chi connectivity index (χ1) is 19.6. The van der Waals surface area contributed by atoms with Gasteiger partial charge in [-0.1, -0.05) is 35.6 Å². The van der Waals surface area contributed by atoms with Crippen molar-refractivity contribution in [3.8, 4) is 11.5 Å². The van der Waals surface area contributed by atoms with Crippen LogP contribution >= 0.6 is 0 Å². The van der Waals surface area contributed by atoms with Gasteiger partial charge in [0, 0.05) is 25.0 Å². The summed E-state index contributed by atoms with van der Waals surface area (Å²) in [5.74, 6) is 0.467. The lowest BCUT2D eigenvalue weighted by atomic mass is 9.85. The SMILES string of the molecule is COc1ccc(NC(=O)[C@H]([C@@H]2CC=CCC2)N(Cc2cccnc2)C(=O)Cn2nnc3ccccc32)c(OC)c1. The summed E-state index contributed by atoms with van der Waals surface area (Å²) in [4.78, 5) is 34.1. The van der Waals surface area contributed by atoms with E-state index in [1.807, 2.05) is 36.4 Å². The highest BCUT2D eigenvalue weighted by Crippen LogP contribution is 2.32. The van der Waals surface area contributed by atoms with Crippen LogP contribution in [0.25, 0.3) is 11.0 Å². The minimum atomic E-state index is -0.751. The zero-order chi connectivity index (χ0) is 27.9. The van der Waals surface area contributed by atoms with Crippen LogP contribution in [-0.4, -0.2) is 57.0 Å². The molecule has 0 saturated heterocycles. The molecule has 0 aliphatic heterocycles. The van der Waals surface area contributed by atoms with E-state index in [9.17, 15) is 9.59 Å². The first-order valence-electron chi connectivity index (χ1n) is 13.2. The van der Waals surface area contributed by atoms with Gasteiger partial charge in [0.1, 0.15) is 29.6 Å². The normalized spacial score (nSPS) is 15.4. The van der Waals surface area contributed by atoms with E-state index < -0.39 is 6.04 Å². The molecule has 2 heterocycles. The van der Waals surface area contributed by atoms with Gasteiger partial charge >= 0.3 is 0 Å². The molecule has 1 aliphatic rings. The van der Waals surface area contributed by atoms with E-state index in [2.05, 4.69) is 32.8 Å². The summed E-state index contributed by atoms with van der Waals surface area (Å²) in [5.41, 5.74) is 2.78. The van der Waals surface area contributed by atoms with Crippen LogP contribution in [0.15, 0.2) is 79.1 Å². The van der Waals surface area contributed by atoms with Crippen LogP contribution in [0.1, 0.15) is 24.8 Å². The minimum Gasteiger partial charge on any atom is -0.497 e. The number of hydrogen-bond donors (Lipinski definition) is 1. The number of nitrogens with one attached hydrogen (secondary N) is 1. The number of aromatic nitrogens is 4. The number of methoxy groups -OCH3 is 2. The molecule has 0 fully saturated rings. The number of amides is 2. The van der Waals surface area contributed by atoms with Crippen LogP contribution in [0, 0.1) is 5.92 Å². The summed E-state index contributed by atoms with van der Waals surface area (Å²) < 4.78 is 12.4. The third kappa shape index (κ3) is 5.96. The molecule has 206 valence electrons. The van der Waals surface area contributed by atoms with Crippen molar-refractivity contribution in [2.45, 2.75) is 38.4 Å². The van der Waals surface area contributed by atoms with Crippen molar-refractivity contribution in [3.63, 3.8) is 0 Å². The van der Waals surface area contributed by atoms with E-state index in [0.717, 1.165) is 23.9 Å². The fourth-order valence-corrected chi connectivity index (χ4v) is 5.11. The van der Waals surface area contributed by atoms with E-state index in [-0.39, 0.29) is 30.8 Å². The number of rotatable bonds is 10. The smallest absolute Gasteiger partial charge is 0.247 e. The van der Waals surface area contributed by atoms with Gasteiger partial charge in [-0.15, -0.1) is 5.10 Å². The number of carbonyl (C=O) groups excluding carboxylic acids is 2. The molecule has 10 nitrogen and oxygen atoms in total. The Balaban J connectivity index is 1.51. The van der Waals surface area contributed by atoms with Crippen molar-refractivity contribution in [1.29, 1.82) is 0 Å². The molecule has 4 aromatic rings. The van der Waals surface area contributed by atoms with Crippen molar-refractivity contribution in [2.75, 3.05) is 19.5 Å². The Kier molecular flexibility index (Phi) is 8.34. The fraction of sp³-hybridized carbons (Fsp3) is 0.300. The summed E-state index contributed by atoms with van der Waals surface area (Å²) >= 11 is 0. The summed E-state index contributed by atoms with van der Waals surface area (Å²) in [6, 6.07) is 15.7. The predicted octanol–water partition coefficient (Wildman–Crippen LogP) is 4.24. The highest BCUT2D eigenvalue weighted by molar-refractivity contribution is 5.98. The van der Waals surface area contributed by atoms with Crippen molar-refractivity contribution in [1.82, 2.24) is 24.9 Å². The third-order valence-corrected chi connectivity index (χ3v) is 7.13. The molecule has 0 saturated carbocycles. The number of ether oxygens (including phenoxy) is 2. The van der Waals surface area contributed by atoms with Gasteiger partial charge < -0.3 is 19.7 Å². The van der Waals surface area contributed by atoms with Gasteiger partial charge in [-0.2, -0.15) is 0 Å². The molecule has 2 aromatic carbocycles. The van der Waals surface area contributed by atoms with Crippen LogP contribution in [0.4, 0.5) is 5.69 Å². The van der Waals surface area contributed by atoms with Gasteiger partial charge in [0.25, 0.3) is 0 Å². The molecule has 1 aliphatic carbocycles. The minimum absolute atomic E-state index is 0.0566. The van der Waals surface area contributed by atoms with Crippen LogP contribution in [0.2, 0.25) is 0 Å². The lowest BCUT2D eigenvalue weighted by Crippen LogP contribution is -2.52. The number of benzene rings is 2. The summed E-state index contributed by atoms with van der Waals surface area (Å²) in [6.07, 6.45) is 9.89. The zero-order valence-corrected chi connectivity index (χ0v) is 22.6. The number of para-hydroxylation sites is 1. The maximum absolute atomic E-state index is 14.1. The van der Waals surface area contributed by atoms with Gasteiger partial charge in [-0.3, -0.25) is 14.6 Å².